The number of aromatic nitrogens is 1. The maximum absolute atomic E-state index is 6.03. The standard InChI is InChI=1S/C11H8ClNSe/c12-10-7-4-8-13-11(10)14-9-5-2-1-3-6-9/h1-8H. The first kappa shape index (κ1) is 9.72. The second-order valence-electron chi connectivity index (χ2n) is 2.71. The van der Waals surface area contributed by atoms with E-state index in [0.717, 1.165) is 9.61 Å². The van der Waals surface area contributed by atoms with Crippen LogP contribution in [-0.2, 0) is 0 Å². The Hall–Kier alpha value is -0.821. The van der Waals surface area contributed by atoms with Crippen molar-refractivity contribution in [2.24, 2.45) is 0 Å². The fourth-order valence-electron chi connectivity index (χ4n) is 1.05. The van der Waals surface area contributed by atoms with Gasteiger partial charge in [-0.05, 0) is 0 Å². The van der Waals surface area contributed by atoms with Crippen molar-refractivity contribution in [3.05, 3.63) is 53.7 Å². The monoisotopic (exact) mass is 269 g/mol. The summed E-state index contributed by atoms with van der Waals surface area (Å²) in [7, 11) is 0. The molecule has 2 aromatic rings. The van der Waals surface area contributed by atoms with Gasteiger partial charge in [-0.15, -0.1) is 0 Å². The minimum absolute atomic E-state index is 0.208. The molecule has 70 valence electrons. The second-order valence-corrected chi connectivity index (χ2v) is 5.34. The molecule has 0 saturated heterocycles. The van der Waals surface area contributed by atoms with Gasteiger partial charge in [0.1, 0.15) is 0 Å². The Morgan fingerprint density at radius 2 is 1.79 bits per heavy atom. The number of nitrogens with zero attached hydrogens (tertiary/aromatic N) is 1. The zero-order chi connectivity index (χ0) is 9.80. The third-order valence-corrected chi connectivity index (χ3v) is 4.40. The van der Waals surface area contributed by atoms with Crippen LogP contribution < -0.4 is 9.05 Å². The quantitative estimate of drug-likeness (QED) is 0.750. The number of pyridine rings is 1. The molecule has 1 nitrogen and oxygen atoms in total. The number of halogens is 1. The molecule has 2 rings (SSSR count). The summed E-state index contributed by atoms with van der Waals surface area (Å²) in [5.74, 6) is 0. The van der Waals surface area contributed by atoms with E-state index in [1.165, 1.54) is 4.46 Å². The van der Waals surface area contributed by atoms with Crippen molar-refractivity contribution < 1.29 is 0 Å². The van der Waals surface area contributed by atoms with E-state index >= 15 is 0 Å². The average Bonchev–Trinajstić information content (AvgIpc) is 2.23. The van der Waals surface area contributed by atoms with Gasteiger partial charge in [-0.1, -0.05) is 0 Å². The van der Waals surface area contributed by atoms with E-state index in [1.807, 2.05) is 30.3 Å². The van der Waals surface area contributed by atoms with Gasteiger partial charge in [-0.3, -0.25) is 0 Å². The first-order chi connectivity index (χ1) is 6.86. The van der Waals surface area contributed by atoms with Crippen molar-refractivity contribution in [2.45, 2.75) is 0 Å². The number of hydrogen-bond donors (Lipinski definition) is 0. The summed E-state index contributed by atoms with van der Waals surface area (Å²) in [6, 6.07) is 14.0. The Kier molecular flexibility index (Phi) is 3.20. The van der Waals surface area contributed by atoms with Gasteiger partial charge in [0.25, 0.3) is 0 Å². The summed E-state index contributed by atoms with van der Waals surface area (Å²) in [6.07, 6.45) is 1.78. The molecule has 14 heavy (non-hydrogen) atoms. The third kappa shape index (κ3) is 2.35. The second kappa shape index (κ2) is 4.61. The molecule has 0 radical (unpaired) electrons. The molecule has 0 aliphatic carbocycles. The zero-order valence-corrected chi connectivity index (χ0v) is 9.82. The van der Waals surface area contributed by atoms with Crippen LogP contribution in [0, 0.1) is 0 Å². The summed E-state index contributed by atoms with van der Waals surface area (Å²) >= 11 is 6.24. The first-order valence-corrected chi connectivity index (χ1v) is 6.29. The van der Waals surface area contributed by atoms with Crippen LogP contribution in [0.1, 0.15) is 0 Å². The van der Waals surface area contributed by atoms with Crippen LogP contribution in [0.25, 0.3) is 0 Å². The molecule has 1 aromatic heterocycles. The Bertz CT molecular complexity index is 417. The molecule has 0 fully saturated rings. The molecule has 0 saturated carbocycles. The zero-order valence-electron chi connectivity index (χ0n) is 7.35. The van der Waals surface area contributed by atoms with Crippen LogP contribution in [0.15, 0.2) is 48.7 Å². The van der Waals surface area contributed by atoms with E-state index in [9.17, 15) is 0 Å². The Labute approximate surface area is 94.3 Å². The molecule has 0 amide bonds. The van der Waals surface area contributed by atoms with Gasteiger partial charge in [-0.25, -0.2) is 0 Å². The van der Waals surface area contributed by atoms with Crippen molar-refractivity contribution in [2.75, 3.05) is 0 Å². The molecule has 3 heteroatoms. The summed E-state index contributed by atoms with van der Waals surface area (Å²) in [5, 5.41) is 0.761. The molecule has 0 aliphatic heterocycles. The fourth-order valence-corrected chi connectivity index (χ4v) is 3.04. The van der Waals surface area contributed by atoms with Crippen LogP contribution in [0.5, 0.6) is 0 Å². The number of benzene rings is 1. The van der Waals surface area contributed by atoms with E-state index in [2.05, 4.69) is 17.1 Å². The van der Waals surface area contributed by atoms with Gasteiger partial charge >= 0.3 is 94.3 Å². The summed E-state index contributed by atoms with van der Waals surface area (Å²) in [5.41, 5.74) is 0. The Morgan fingerprint density at radius 1 is 1.00 bits per heavy atom. The molecule has 0 atom stereocenters. The molecule has 1 heterocycles. The molecular formula is C11H8ClNSe. The summed E-state index contributed by atoms with van der Waals surface area (Å²) < 4.78 is 2.29. The van der Waals surface area contributed by atoms with E-state index in [1.54, 1.807) is 6.20 Å². The molecular weight excluding hydrogens is 261 g/mol. The topological polar surface area (TPSA) is 12.9 Å². The first-order valence-electron chi connectivity index (χ1n) is 4.20. The Balaban J connectivity index is 2.24. The van der Waals surface area contributed by atoms with Gasteiger partial charge in [0.2, 0.25) is 0 Å². The molecule has 0 unspecified atom stereocenters. The summed E-state index contributed by atoms with van der Waals surface area (Å²) in [4.78, 5) is 4.27. The van der Waals surface area contributed by atoms with Gasteiger partial charge in [0.05, 0.1) is 0 Å². The Morgan fingerprint density at radius 3 is 2.50 bits per heavy atom. The molecule has 1 aromatic carbocycles. The van der Waals surface area contributed by atoms with Crippen LogP contribution in [0.2, 0.25) is 5.02 Å². The van der Waals surface area contributed by atoms with Crippen molar-refractivity contribution in [3.8, 4) is 0 Å². The fraction of sp³-hybridized carbons (Fsp3) is 0. The van der Waals surface area contributed by atoms with Gasteiger partial charge in [0, 0.05) is 0 Å². The number of hydrogen-bond acceptors (Lipinski definition) is 1. The molecule has 0 aliphatic rings. The number of rotatable bonds is 2. The van der Waals surface area contributed by atoms with Crippen molar-refractivity contribution in [3.63, 3.8) is 0 Å². The maximum atomic E-state index is 6.03. The predicted molar refractivity (Wildman–Crippen MR) is 60.7 cm³/mol. The van der Waals surface area contributed by atoms with E-state index in [-0.39, 0.29) is 15.0 Å². The van der Waals surface area contributed by atoms with Crippen LogP contribution in [0.4, 0.5) is 0 Å². The molecule has 0 spiro atoms. The van der Waals surface area contributed by atoms with Crippen LogP contribution in [-0.4, -0.2) is 19.9 Å². The summed E-state index contributed by atoms with van der Waals surface area (Å²) in [6.45, 7) is 0. The minimum atomic E-state index is 0.208. The van der Waals surface area contributed by atoms with Crippen molar-refractivity contribution in [1.29, 1.82) is 0 Å². The van der Waals surface area contributed by atoms with Gasteiger partial charge in [-0.2, -0.15) is 0 Å². The normalized spacial score (nSPS) is 10.1. The molecule has 0 bridgehead atoms. The van der Waals surface area contributed by atoms with Crippen molar-refractivity contribution >= 4 is 35.6 Å². The van der Waals surface area contributed by atoms with Gasteiger partial charge in [0.15, 0.2) is 0 Å². The van der Waals surface area contributed by atoms with E-state index in [4.69, 9.17) is 11.6 Å². The van der Waals surface area contributed by atoms with E-state index < -0.39 is 0 Å². The predicted octanol–water partition coefficient (Wildman–Crippen LogP) is 1.39. The molecule has 0 N–H and O–H groups in total. The van der Waals surface area contributed by atoms with E-state index in [0.29, 0.717) is 0 Å². The SMILES string of the molecule is Clc1cccnc1[Se]c1ccccc1. The third-order valence-electron chi connectivity index (χ3n) is 1.68. The average molecular weight is 269 g/mol. The van der Waals surface area contributed by atoms with Crippen molar-refractivity contribution in [1.82, 2.24) is 4.98 Å². The van der Waals surface area contributed by atoms with Crippen LogP contribution in [0.3, 0.4) is 0 Å². The van der Waals surface area contributed by atoms with Gasteiger partial charge < -0.3 is 0 Å². The van der Waals surface area contributed by atoms with Crippen LogP contribution >= 0.6 is 11.6 Å².